The maximum atomic E-state index is 6.54. The Bertz CT molecular complexity index is 321. The molecule has 0 amide bonds. The highest BCUT2D eigenvalue weighted by Gasteiger charge is 2.33. The first-order valence-electron chi connectivity index (χ1n) is 12.4. The predicted octanol–water partition coefficient (Wildman–Crippen LogP) is 6.18. The van der Waals surface area contributed by atoms with Crippen LogP contribution < -0.4 is 17.2 Å². The number of rotatable bonds is 18. The second kappa shape index (κ2) is 16.8. The fourth-order valence-corrected chi connectivity index (χ4v) is 4.67. The Morgan fingerprint density at radius 2 is 1.00 bits per heavy atom. The van der Waals surface area contributed by atoms with Crippen LogP contribution in [-0.4, -0.2) is 18.1 Å². The van der Waals surface area contributed by atoms with Crippen molar-refractivity contribution in [3.63, 3.8) is 0 Å². The van der Waals surface area contributed by atoms with Gasteiger partial charge >= 0.3 is 0 Å². The minimum absolute atomic E-state index is 0.0529. The number of nitrogens with two attached hydrogens (primary N) is 3. The zero-order chi connectivity index (χ0) is 19.6. The van der Waals surface area contributed by atoms with Crippen molar-refractivity contribution in [3.8, 4) is 0 Å². The molecule has 0 spiro atoms. The zero-order valence-electron chi connectivity index (χ0n) is 18.4. The van der Waals surface area contributed by atoms with Crippen LogP contribution in [0.2, 0.25) is 0 Å². The van der Waals surface area contributed by atoms with Gasteiger partial charge in [-0.25, -0.2) is 0 Å². The van der Waals surface area contributed by atoms with Crippen LogP contribution >= 0.6 is 0 Å². The molecular weight excluding hydrogens is 330 g/mol. The molecule has 2 unspecified atom stereocenters. The summed E-state index contributed by atoms with van der Waals surface area (Å²) in [4.78, 5) is 0. The Labute approximate surface area is 170 Å². The van der Waals surface area contributed by atoms with E-state index in [2.05, 4.69) is 0 Å². The highest BCUT2D eigenvalue weighted by molar-refractivity contribution is 4.96. The predicted molar refractivity (Wildman–Crippen MR) is 121 cm³/mol. The second-order valence-corrected chi connectivity index (χ2v) is 9.28. The normalized spacial score (nSPS) is 23.0. The Morgan fingerprint density at radius 3 is 1.41 bits per heavy atom. The lowest BCUT2D eigenvalue weighted by molar-refractivity contribution is 0.231. The van der Waals surface area contributed by atoms with E-state index in [1.807, 2.05) is 0 Å². The van der Waals surface area contributed by atoms with Crippen LogP contribution in [-0.2, 0) is 0 Å². The van der Waals surface area contributed by atoms with Crippen molar-refractivity contribution in [2.45, 2.75) is 146 Å². The van der Waals surface area contributed by atoms with Crippen LogP contribution in [0, 0.1) is 0 Å². The molecule has 1 aliphatic rings. The molecule has 6 N–H and O–H groups in total. The van der Waals surface area contributed by atoms with E-state index in [0.29, 0.717) is 0 Å². The Hall–Kier alpha value is -0.120. The van der Waals surface area contributed by atoms with Crippen molar-refractivity contribution in [1.82, 2.24) is 0 Å². The van der Waals surface area contributed by atoms with E-state index in [0.717, 1.165) is 25.8 Å². The van der Waals surface area contributed by atoms with Gasteiger partial charge in [-0.2, -0.15) is 0 Å². The Morgan fingerprint density at radius 1 is 0.593 bits per heavy atom. The van der Waals surface area contributed by atoms with E-state index in [-0.39, 0.29) is 11.6 Å². The zero-order valence-corrected chi connectivity index (χ0v) is 18.4. The molecule has 0 aromatic carbocycles. The molecule has 0 aromatic rings. The molecule has 3 nitrogen and oxygen atoms in total. The van der Waals surface area contributed by atoms with Crippen LogP contribution in [0.3, 0.4) is 0 Å². The smallest absolute Gasteiger partial charge is 0.0307 e. The lowest BCUT2D eigenvalue weighted by Crippen LogP contribution is -2.56. The second-order valence-electron chi connectivity index (χ2n) is 9.28. The molecule has 1 fully saturated rings. The van der Waals surface area contributed by atoms with Gasteiger partial charge in [-0.15, -0.1) is 0 Å². The average Bonchev–Trinajstić information content (AvgIpc) is 2.67. The van der Waals surface area contributed by atoms with Crippen molar-refractivity contribution in [3.05, 3.63) is 0 Å². The van der Waals surface area contributed by atoms with Gasteiger partial charge in [0.05, 0.1) is 0 Å². The maximum Gasteiger partial charge on any atom is 0.0307 e. The van der Waals surface area contributed by atoms with Crippen molar-refractivity contribution >= 4 is 0 Å². The molecule has 0 aliphatic heterocycles. The summed E-state index contributed by atoms with van der Waals surface area (Å²) in [5.41, 5.74) is 18.3. The fourth-order valence-electron chi connectivity index (χ4n) is 4.67. The molecule has 0 aromatic heterocycles. The number of unbranched alkanes of at least 4 members (excludes halogenated alkanes) is 15. The summed E-state index contributed by atoms with van der Waals surface area (Å²) >= 11 is 0. The van der Waals surface area contributed by atoms with Crippen LogP contribution in [0.25, 0.3) is 0 Å². The first-order chi connectivity index (χ1) is 13.2. The minimum atomic E-state index is -0.0529. The van der Waals surface area contributed by atoms with E-state index in [1.54, 1.807) is 0 Å². The van der Waals surface area contributed by atoms with E-state index in [4.69, 9.17) is 17.2 Å². The van der Waals surface area contributed by atoms with E-state index in [9.17, 15) is 0 Å². The van der Waals surface area contributed by atoms with Gasteiger partial charge in [0.1, 0.15) is 0 Å². The highest BCUT2D eigenvalue weighted by Crippen LogP contribution is 2.29. The van der Waals surface area contributed by atoms with Gasteiger partial charge in [0.2, 0.25) is 0 Å². The van der Waals surface area contributed by atoms with Crippen molar-refractivity contribution < 1.29 is 0 Å². The topological polar surface area (TPSA) is 78.1 Å². The minimum Gasteiger partial charge on any atom is -0.330 e. The van der Waals surface area contributed by atoms with Crippen LogP contribution in [0.15, 0.2) is 0 Å². The molecule has 27 heavy (non-hydrogen) atoms. The quantitative estimate of drug-likeness (QED) is 0.248. The van der Waals surface area contributed by atoms with E-state index in [1.165, 1.54) is 116 Å². The summed E-state index contributed by atoms with van der Waals surface area (Å²) in [6, 6.07) is 0.238. The van der Waals surface area contributed by atoms with Gasteiger partial charge in [0, 0.05) is 11.6 Å². The Balaban J connectivity index is 1.75. The third kappa shape index (κ3) is 12.9. The SMILES string of the molecule is NCCCCCCCCCCCCCCCCCCC1(N)CCCCC1N. The van der Waals surface area contributed by atoms with Gasteiger partial charge in [0.15, 0.2) is 0 Å². The molecule has 1 aliphatic carbocycles. The third-order valence-corrected chi connectivity index (χ3v) is 6.74. The fraction of sp³-hybridized carbons (Fsp3) is 1.00. The molecule has 0 heterocycles. The molecule has 1 rings (SSSR count). The molecule has 0 saturated heterocycles. The van der Waals surface area contributed by atoms with E-state index >= 15 is 0 Å². The van der Waals surface area contributed by atoms with Gasteiger partial charge in [-0.1, -0.05) is 109 Å². The van der Waals surface area contributed by atoms with Gasteiger partial charge < -0.3 is 17.2 Å². The molecular formula is C24H51N3. The first-order valence-corrected chi connectivity index (χ1v) is 12.4. The largest absolute Gasteiger partial charge is 0.330 e. The third-order valence-electron chi connectivity index (χ3n) is 6.74. The molecule has 2 atom stereocenters. The molecule has 162 valence electrons. The van der Waals surface area contributed by atoms with Crippen molar-refractivity contribution in [2.75, 3.05) is 6.54 Å². The van der Waals surface area contributed by atoms with Crippen molar-refractivity contribution in [1.29, 1.82) is 0 Å². The van der Waals surface area contributed by atoms with E-state index < -0.39 is 0 Å². The summed E-state index contributed by atoms with van der Waals surface area (Å²) in [5.74, 6) is 0. The maximum absolute atomic E-state index is 6.54. The lowest BCUT2D eigenvalue weighted by atomic mass is 9.75. The van der Waals surface area contributed by atoms with Gasteiger partial charge in [-0.05, 0) is 32.2 Å². The number of hydrogen-bond donors (Lipinski definition) is 3. The van der Waals surface area contributed by atoms with Crippen LogP contribution in [0.1, 0.15) is 135 Å². The lowest BCUT2D eigenvalue weighted by Gasteiger charge is -2.39. The molecule has 3 heteroatoms. The highest BCUT2D eigenvalue weighted by atomic mass is 14.9. The van der Waals surface area contributed by atoms with Gasteiger partial charge in [-0.3, -0.25) is 0 Å². The first kappa shape index (κ1) is 24.9. The van der Waals surface area contributed by atoms with Crippen LogP contribution in [0.5, 0.6) is 0 Å². The summed E-state index contributed by atoms with van der Waals surface area (Å²) in [6.45, 7) is 0.864. The molecule has 1 saturated carbocycles. The van der Waals surface area contributed by atoms with Gasteiger partial charge in [0.25, 0.3) is 0 Å². The summed E-state index contributed by atoms with van der Waals surface area (Å²) in [5, 5.41) is 0. The Kier molecular flexibility index (Phi) is 15.5. The standard InChI is InChI=1S/C24H51N3/c25-22-18-14-12-10-8-6-4-2-1-3-5-7-9-11-13-16-20-24(27)21-17-15-19-23(24)26/h23H,1-22,25-27H2. The average molecular weight is 382 g/mol. The summed E-state index contributed by atoms with van der Waals surface area (Å²) in [7, 11) is 0. The monoisotopic (exact) mass is 381 g/mol. The summed E-state index contributed by atoms with van der Waals surface area (Å²) in [6.07, 6.45) is 28.2. The van der Waals surface area contributed by atoms with Crippen LogP contribution in [0.4, 0.5) is 0 Å². The van der Waals surface area contributed by atoms with Crippen molar-refractivity contribution in [2.24, 2.45) is 17.2 Å². The molecule has 0 bridgehead atoms. The number of hydrogen-bond acceptors (Lipinski definition) is 3. The molecule has 0 radical (unpaired) electrons. The summed E-state index contributed by atoms with van der Waals surface area (Å²) < 4.78 is 0.